The van der Waals surface area contributed by atoms with Crippen LogP contribution in [0.1, 0.15) is 25.8 Å². The van der Waals surface area contributed by atoms with Gasteiger partial charge in [0.05, 0.1) is 6.26 Å². The second kappa shape index (κ2) is 9.51. The highest BCUT2D eigenvalue weighted by Crippen LogP contribution is 2.35. The van der Waals surface area contributed by atoms with Crippen LogP contribution in [0.25, 0.3) is 11.1 Å². The number of nitrogens with one attached hydrogen (secondary N) is 1. The zero-order valence-corrected chi connectivity index (χ0v) is 19.7. The van der Waals surface area contributed by atoms with Crippen LogP contribution >= 0.6 is 0 Å². The molecule has 7 heteroatoms. The van der Waals surface area contributed by atoms with E-state index in [1.165, 1.54) is 6.26 Å². The van der Waals surface area contributed by atoms with Gasteiger partial charge in [-0.15, -0.1) is 0 Å². The predicted molar refractivity (Wildman–Crippen MR) is 125 cm³/mol. The number of carbonyl (C=O) groups excluding carboxylic acids is 1. The number of nitrogens with zero attached hydrogens (tertiary/aromatic N) is 2. The summed E-state index contributed by atoms with van der Waals surface area (Å²) in [5.41, 5.74) is 2.52. The molecular formula is C24H33N3O3S. The maximum absolute atomic E-state index is 13.6. The molecule has 1 aliphatic rings. The maximum atomic E-state index is 13.6. The molecule has 2 aromatic carbocycles. The Morgan fingerprint density at radius 3 is 2.42 bits per heavy atom. The van der Waals surface area contributed by atoms with Crippen molar-refractivity contribution in [2.75, 3.05) is 32.9 Å². The molecule has 0 radical (unpaired) electrons. The molecule has 6 nitrogen and oxygen atoms in total. The first-order valence-electron chi connectivity index (χ1n) is 10.8. The largest absolute Gasteiger partial charge is 0.344 e. The van der Waals surface area contributed by atoms with Gasteiger partial charge in [-0.1, -0.05) is 61.5 Å². The number of likely N-dealkylation sites (N-methyl/N-ethyl adjacent to an activating group) is 2. The number of amides is 1. The summed E-state index contributed by atoms with van der Waals surface area (Å²) in [7, 11) is -1.54. The van der Waals surface area contributed by atoms with Crippen molar-refractivity contribution in [3.63, 3.8) is 0 Å². The third-order valence-electron chi connectivity index (χ3n) is 6.14. The van der Waals surface area contributed by atoms with E-state index in [-0.39, 0.29) is 11.9 Å². The van der Waals surface area contributed by atoms with Crippen molar-refractivity contribution in [1.29, 1.82) is 0 Å². The van der Waals surface area contributed by atoms with Gasteiger partial charge in [-0.3, -0.25) is 9.69 Å². The van der Waals surface area contributed by atoms with Crippen molar-refractivity contribution in [3.8, 4) is 11.1 Å². The lowest BCUT2D eigenvalue weighted by atomic mass is 9.85. The van der Waals surface area contributed by atoms with Crippen molar-refractivity contribution in [2.45, 2.75) is 38.3 Å². The number of hydrogen-bond donors (Lipinski definition) is 1. The molecule has 0 spiro atoms. The summed E-state index contributed by atoms with van der Waals surface area (Å²) in [6.45, 7) is 5.78. The molecule has 1 aliphatic heterocycles. The lowest BCUT2D eigenvalue weighted by molar-refractivity contribution is -0.141. The predicted octanol–water partition coefficient (Wildman–Crippen LogP) is 2.76. The molecule has 0 unspecified atom stereocenters. The quantitative estimate of drug-likeness (QED) is 0.681. The SMILES string of the molecule is CCN(C)C(=O)[C@]1(Cc2cccc(-c3ccccc3)c2)C[C@@H](NS(C)(=O)=O)CN1CC. The van der Waals surface area contributed by atoms with Crippen LogP contribution in [-0.4, -0.2) is 68.6 Å². The van der Waals surface area contributed by atoms with Crippen molar-refractivity contribution in [2.24, 2.45) is 0 Å². The Labute approximate surface area is 186 Å². The van der Waals surface area contributed by atoms with E-state index in [0.29, 0.717) is 32.5 Å². The normalized spacial score (nSPS) is 21.9. The third-order valence-corrected chi connectivity index (χ3v) is 6.90. The maximum Gasteiger partial charge on any atom is 0.243 e. The minimum Gasteiger partial charge on any atom is -0.344 e. The molecule has 1 amide bonds. The molecule has 3 rings (SSSR count). The van der Waals surface area contributed by atoms with Gasteiger partial charge in [-0.05, 0) is 43.0 Å². The van der Waals surface area contributed by atoms with E-state index in [9.17, 15) is 13.2 Å². The van der Waals surface area contributed by atoms with Gasteiger partial charge >= 0.3 is 0 Å². The number of rotatable bonds is 8. The zero-order chi connectivity index (χ0) is 22.6. The number of likely N-dealkylation sites (tertiary alicyclic amines) is 1. The molecule has 0 aromatic heterocycles. The second-order valence-corrected chi connectivity index (χ2v) is 10.2. The lowest BCUT2D eigenvalue weighted by Gasteiger charge is -2.39. The number of sulfonamides is 1. The first-order valence-corrected chi connectivity index (χ1v) is 12.7. The van der Waals surface area contributed by atoms with Gasteiger partial charge in [-0.2, -0.15) is 0 Å². The van der Waals surface area contributed by atoms with Crippen LogP contribution in [0.3, 0.4) is 0 Å². The fourth-order valence-electron chi connectivity index (χ4n) is 4.67. The van der Waals surface area contributed by atoms with Crippen LogP contribution < -0.4 is 4.72 Å². The van der Waals surface area contributed by atoms with E-state index in [1.807, 2.05) is 45.2 Å². The van der Waals surface area contributed by atoms with Crippen LogP contribution in [0.5, 0.6) is 0 Å². The summed E-state index contributed by atoms with van der Waals surface area (Å²) < 4.78 is 26.5. The van der Waals surface area contributed by atoms with E-state index < -0.39 is 15.6 Å². The van der Waals surface area contributed by atoms with E-state index in [0.717, 1.165) is 16.7 Å². The van der Waals surface area contributed by atoms with Crippen LogP contribution in [-0.2, 0) is 21.2 Å². The summed E-state index contributed by atoms with van der Waals surface area (Å²) in [6.07, 6.45) is 2.16. The Morgan fingerprint density at radius 2 is 1.81 bits per heavy atom. The van der Waals surface area contributed by atoms with E-state index in [1.54, 1.807) is 4.90 Å². The smallest absolute Gasteiger partial charge is 0.243 e. The standard InChI is InChI=1S/C24H33N3O3S/c1-5-26(3)23(28)24(17-22(18-27(24)6-2)25-31(4,29)30)16-19-11-10-14-21(15-19)20-12-8-7-9-13-20/h7-15,22,25H,5-6,16-18H2,1-4H3/t22-,24+/m1/s1. The lowest BCUT2D eigenvalue weighted by Crippen LogP contribution is -2.57. The molecule has 0 aliphatic carbocycles. The Hall–Kier alpha value is -2.22. The molecule has 168 valence electrons. The highest BCUT2D eigenvalue weighted by molar-refractivity contribution is 7.88. The number of carbonyl (C=O) groups is 1. The number of hydrogen-bond acceptors (Lipinski definition) is 4. The van der Waals surface area contributed by atoms with Gasteiger partial charge in [0.25, 0.3) is 0 Å². The molecule has 1 fully saturated rings. The van der Waals surface area contributed by atoms with E-state index in [4.69, 9.17) is 0 Å². The minimum atomic E-state index is -3.36. The van der Waals surface area contributed by atoms with Gasteiger partial charge in [0.1, 0.15) is 5.54 Å². The molecule has 0 bridgehead atoms. The molecular weight excluding hydrogens is 410 g/mol. The highest BCUT2D eigenvalue weighted by atomic mass is 32.2. The summed E-state index contributed by atoms with van der Waals surface area (Å²) in [6, 6.07) is 18.2. The van der Waals surface area contributed by atoms with Crippen LogP contribution in [0.4, 0.5) is 0 Å². The van der Waals surface area contributed by atoms with Gasteiger partial charge < -0.3 is 4.90 Å². The monoisotopic (exact) mass is 443 g/mol. The molecule has 0 saturated carbocycles. The molecule has 1 heterocycles. The Kier molecular flexibility index (Phi) is 7.19. The van der Waals surface area contributed by atoms with E-state index in [2.05, 4.69) is 40.0 Å². The molecule has 1 N–H and O–H groups in total. The molecule has 2 aromatic rings. The Balaban J connectivity index is 1.99. The van der Waals surface area contributed by atoms with Crippen LogP contribution in [0.15, 0.2) is 54.6 Å². The molecule has 1 saturated heterocycles. The van der Waals surface area contributed by atoms with Crippen molar-refractivity contribution in [3.05, 3.63) is 60.2 Å². The van der Waals surface area contributed by atoms with Gasteiger partial charge in [-0.25, -0.2) is 13.1 Å². The summed E-state index contributed by atoms with van der Waals surface area (Å²) in [5.74, 6) is 0.0414. The topological polar surface area (TPSA) is 69.7 Å². The van der Waals surface area contributed by atoms with Crippen LogP contribution in [0.2, 0.25) is 0 Å². The third kappa shape index (κ3) is 5.34. The van der Waals surface area contributed by atoms with Gasteiger partial charge in [0.2, 0.25) is 15.9 Å². The second-order valence-electron chi connectivity index (χ2n) is 8.42. The minimum absolute atomic E-state index is 0.0414. The van der Waals surface area contributed by atoms with Gasteiger partial charge in [0.15, 0.2) is 0 Å². The van der Waals surface area contributed by atoms with Gasteiger partial charge in [0, 0.05) is 26.2 Å². The fourth-order valence-corrected chi connectivity index (χ4v) is 5.43. The fraction of sp³-hybridized carbons (Fsp3) is 0.458. The summed E-state index contributed by atoms with van der Waals surface area (Å²) in [5, 5.41) is 0. The average Bonchev–Trinajstić information content (AvgIpc) is 3.09. The highest BCUT2D eigenvalue weighted by Gasteiger charge is 2.51. The Bertz CT molecular complexity index is 1010. The van der Waals surface area contributed by atoms with Crippen molar-refractivity contribution in [1.82, 2.24) is 14.5 Å². The van der Waals surface area contributed by atoms with Crippen LogP contribution in [0, 0.1) is 0 Å². The van der Waals surface area contributed by atoms with Crippen molar-refractivity contribution >= 4 is 15.9 Å². The van der Waals surface area contributed by atoms with E-state index >= 15 is 0 Å². The zero-order valence-electron chi connectivity index (χ0n) is 18.8. The van der Waals surface area contributed by atoms with Crippen molar-refractivity contribution < 1.29 is 13.2 Å². The Morgan fingerprint density at radius 1 is 1.13 bits per heavy atom. The summed E-state index contributed by atoms with van der Waals surface area (Å²) in [4.78, 5) is 17.5. The first kappa shape index (κ1) is 23.4. The number of benzene rings is 2. The molecule has 2 atom stereocenters. The summed E-state index contributed by atoms with van der Waals surface area (Å²) >= 11 is 0. The molecule has 31 heavy (non-hydrogen) atoms. The average molecular weight is 444 g/mol. The first-order chi connectivity index (χ1) is 14.7.